The number of pyridine rings is 1. The molecule has 1 aromatic heterocycles. The molecule has 0 aliphatic heterocycles. The Kier molecular flexibility index (Phi) is 4.52. The van der Waals surface area contributed by atoms with Gasteiger partial charge in [0.1, 0.15) is 0 Å². The number of rotatable bonds is 3. The summed E-state index contributed by atoms with van der Waals surface area (Å²) in [5.41, 5.74) is 1.28. The molecule has 0 aromatic carbocycles. The van der Waals surface area contributed by atoms with Crippen LogP contribution < -0.4 is 0 Å². The fourth-order valence-electron chi connectivity index (χ4n) is 1.51. The minimum atomic E-state index is -0.0799. The van der Waals surface area contributed by atoms with Crippen molar-refractivity contribution in [3.05, 3.63) is 28.5 Å². The zero-order valence-corrected chi connectivity index (χ0v) is 11.7. The number of amides is 1. The second kappa shape index (κ2) is 5.50. The molecule has 0 aliphatic carbocycles. The molecule has 1 amide bonds. The predicted octanol–water partition coefficient (Wildman–Crippen LogP) is 3.16. The molecular weight excluding hydrogens is 236 g/mol. The van der Waals surface area contributed by atoms with Crippen LogP contribution in [0.15, 0.2) is 12.3 Å². The Bertz CT molecular complexity index is 418. The van der Waals surface area contributed by atoms with E-state index in [-0.39, 0.29) is 11.9 Å². The highest BCUT2D eigenvalue weighted by Crippen LogP contribution is 2.19. The van der Waals surface area contributed by atoms with E-state index < -0.39 is 0 Å². The maximum atomic E-state index is 12.2. The van der Waals surface area contributed by atoms with Gasteiger partial charge in [-0.3, -0.25) is 9.78 Å². The first-order valence-electron chi connectivity index (χ1n) is 5.74. The third-order valence-electron chi connectivity index (χ3n) is 3.12. The number of hydrogen-bond acceptors (Lipinski definition) is 2. The largest absolute Gasteiger partial charge is 0.339 e. The SMILES string of the molecule is Cc1cc(Cl)c(C(=O)N(C)C(C)C(C)C)cn1. The molecule has 1 atom stereocenters. The topological polar surface area (TPSA) is 33.2 Å². The number of carbonyl (C=O) groups excluding carboxylic acids is 1. The van der Waals surface area contributed by atoms with Gasteiger partial charge in [0.05, 0.1) is 10.6 Å². The van der Waals surface area contributed by atoms with E-state index in [9.17, 15) is 4.79 Å². The van der Waals surface area contributed by atoms with Crippen molar-refractivity contribution in [2.75, 3.05) is 7.05 Å². The number of nitrogens with zero attached hydrogens (tertiary/aromatic N) is 2. The van der Waals surface area contributed by atoms with Gasteiger partial charge in [-0.15, -0.1) is 0 Å². The molecule has 0 fully saturated rings. The van der Waals surface area contributed by atoms with Crippen LogP contribution in [0.3, 0.4) is 0 Å². The Morgan fingerprint density at radius 3 is 2.47 bits per heavy atom. The van der Waals surface area contributed by atoms with Gasteiger partial charge >= 0.3 is 0 Å². The van der Waals surface area contributed by atoms with E-state index in [2.05, 4.69) is 18.8 Å². The number of halogens is 1. The van der Waals surface area contributed by atoms with E-state index in [1.54, 1.807) is 24.2 Å². The van der Waals surface area contributed by atoms with Crippen molar-refractivity contribution in [1.29, 1.82) is 0 Å². The zero-order valence-electron chi connectivity index (χ0n) is 11.0. The lowest BCUT2D eigenvalue weighted by molar-refractivity contribution is 0.0707. The second-order valence-electron chi connectivity index (χ2n) is 4.71. The molecule has 17 heavy (non-hydrogen) atoms. The molecule has 0 aliphatic rings. The van der Waals surface area contributed by atoms with Crippen LogP contribution in [0.4, 0.5) is 0 Å². The molecule has 1 rings (SSSR count). The maximum absolute atomic E-state index is 12.2. The van der Waals surface area contributed by atoms with Gasteiger partial charge in [0.15, 0.2) is 0 Å². The van der Waals surface area contributed by atoms with Gasteiger partial charge in [-0.2, -0.15) is 0 Å². The third-order valence-corrected chi connectivity index (χ3v) is 3.43. The summed E-state index contributed by atoms with van der Waals surface area (Å²) < 4.78 is 0. The zero-order chi connectivity index (χ0) is 13.2. The Balaban J connectivity index is 2.96. The van der Waals surface area contributed by atoms with Crippen LogP contribution in [0.1, 0.15) is 36.8 Å². The highest BCUT2D eigenvalue weighted by molar-refractivity contribution is 6.33. The van der Waals surface area contributed by atoms with Crippen LogP contribution in [0.25, 0.3) is 0 Å². The van der Waals surface area contributed by atoms with Crippen molar-refractivity contribution in [2.45, 2.75) is 33.7 Å². The number of hydrogen-bond donors (Lipinski definition) is 0. The summed E-state index contributed by atoms with van der Waals surface area (Å²) in [6, 6.07) is 1.88. The Hall–Kier alpha value is -1.09. The molecule has 0 saturated carbocycles. The van der Waals surface area contributed by atoms with Crippen molar-refractivity contribution in [1.82, 2.24) is 9.88 Å². The first-order valence-corrected chi connectivity index (χ1v) is 6.11. The summed E-state index contributed by atoms with van der Waals surface area (Å²) >= 11 is 6.07. The lowest BCUT2D eigenvalue weighted by atomic mass is 10.0. The average molecular weight is 255 g/mol. The van der Waals surface area contributed by atoms with Gasteiger partial charge in [-0.25, -0.2) is 0 Å². The van der Waals surface area contributed by atoms with Gasteiger partial charge in [0.25, 0.3) is 5.91 Å². The van der Waals surface area contributed by atoms with E-state index >= 15 is 0 Å². The fourth-order valence-corrected chi connectivity index (χ4v) is 1.79. The maximum Gasteiger partial charge on any atom is 0.256 e. The summed E-state index contributed by atoms with van der Waals surface area (Å²) in [6.07, 6.45) is 1.55. The Labute approximate surface area is 108 Å². The number of carbonyl (C=O) groups is 1. The normalized spacial score (nSPS) is 12.6. The number of aromatic nitrogens is 1. The molecular formula is C13H19ClN2O. The van der Waals surface area contributed by atoms with Gasteiger partial charge in [-0.1, -0.05) is 25.4 Å². The summed E-state index contributed by atoms with van der Waals surface area (Å²) in [6.45, 7) is 8.05. The first kappa shape index (κ1) is 14.0. The summed E-state index contributed by atoms with van der Waals surface area (Å²) in [7, 11) is 1.79. The quantitative estimate of drug-likeness (QED) is 0.830. The first-order chi connectivity index (χ1) is 7.84. The molecule has 0 saturated heterocycles. The molecule has 94 valence electrons. The summed E-state index contributed by atoms with van der Waals surface area (Å²) in [4.78, 5) is 18.1. The van der Waals surface area contributed by atoms with Crippen LogP contribution in [0, 0.1) is 12.8 Å². The highest BCUT2D eigenvalue weighted by Gasteiger charge is 2.21. The highest BCUT2D eigenvalue weighted by atomic mass is 35.5. The molecule has 0 bridgehead atoms. The minimum Gasteiger partial charge on any atom is -0.339 e. The van der Waals surface area contributed by atoms with E-state index in [0.717, 1.165) is 5.69 Å². The van der Waals surface area contributed by atoms with E-state index in [1.165, 1.54) is 0 Å². The Morgan fingerprint density at radius 1 is 1.41 bits per heavy atom. The summed E-state index contributed by atoms with van der Waals surface area (Å²) in [5, 5.41) is 0.463. The van der Waals surface area contributed by atoms with Gasteiger partial charge in [-0.05, 0) is 25.8 Å². The molecule has 1 heterocycles. The predicted molar refractivity (Wildman–Crippen MR) is 70.4 cm³/mol. The van der Waals surface area contributed by atoms with E-state index in [0.29, 0.717) is 16.5 Å². The minimum absolute atomic E-state index is 0.0799. The average Bonchev–Trinajstić information content (AvgIpc) is 2.26. The lowest BCUT2D eigenvalue weighted by Crippen LogP contribution is -2.38. The molecule has 1 aromatic rings. The van der Waals surface area contributed by atoms with E-state index in [4.69, 9.17) is 11.6 Å². The second-order valence-corrected chi connectivity index (χ2v) is 5.11. The van der Waals surface area contributed by atoms with Gasteiger partial charge < -0.3 is 4.90 Å². The monoisotopic (exact) mass is 254 g/mol. The van der Waals surface area contributed by atoms with Crippen molar-refractivity contribution in [2.24, 2.45) is 5.92 Å². The Morgan fingerprint density at radius 2 is 2.00 bits per heavy atom. The number of aryl methyl sites for hydroxylation is 1. The van der Waals surface area contributed by atoms with Crippen molar-refractivity contribution >= 4 is 17.5 Å². The van der Waals surface area contributed by atoms with Gasteiger partial charge in [0, 0.05) is 25.0 Å². The fraction of sp³-hybridized carbons (Fsp3) is 0.538. The van der Waals surface area contributed by atoms with Crippen LogP contribution in [0.2, 0.25) is 5.02 Å². The molecule has 0 spiro atoms. The van der Waals surface area contributed by atoms with Crippen molar-refractivity contribution in [3.63, 3.8) is 0 Å². The van der Waals surface area contributed by atoms with Crippen LogP contribution in [-0.2, 0) is 0 Å². The summed E-state index contributed by atoms with van der Waals surface area (Å²) in [5.74, 6) is 0.324. The molecule has 4 heteroatoms. The molecule has 3 nitrogen and oxygen atoms in total. The van der Waals surface area contributed by atoms with Crippen LogP contribution in [0.5, 0.6) is 0 Å². The standard InChI is InChI=1S/C13H19ClN2O/c1-8(2)10(4)16(5)13(17)11-7-15-9(3)6-12(11)14/h6-8,10H,1-5H3. The molecule has 0 N–H and O–H groups in total. The molecule has 0 radical (unpaired) electrons. The van der Waals surface area contributed by atoms with Crippen molar-refractivity contribution in [3.8, 4) is 0 Å². The van der Waals surface area contributed by atoms with Gasteiger partial charge in [0.2, 0.25) is 0 Å². The molecule has 1 unspecified atom stereocenters. The van der Waals surface area contributed by atoms with Crippen LogP contribution in [-0.4, -0.2) is 28.9 Å². The smallest absolute Gasteiger partial charge is 0.256 e. The lowest BCUT2D eigenvalue weighted by Gasteiger charge is -2.28. The van der Waals surface area contributed by atoms with E-state index in [1.807, 2.05) is 13.8 Å². The third kappa shape index (κ3) is 3.19. The van der Waals surface area contributed by atoms with Crippen molar-refractivity contribution < 1.29 is 4.79 Å². The van der Waals surface area contributed by atoms with Crippen LogP contribution >= 0.6 is 11.6 Å².